The fraction of sp³-hybridized carbons (Fsp3) is 0.286. The maximum Gasteiger partial charge on any atom is 0.414 e. The van der Waals surface area contributed by atoms with Gasteiger partial charge in [0.2, 0.25) is 5.91 Å². The molecule has 1 unspecified atom stereocenters. The number of carboxylic acids is 2. The van der Waals surface area contributed by atoms with Crippen molar-refractivity contribution >= 4 is 23.5 Å². The van der Waals surface area contributed by atoms with Crippen LogP contribution in [0.2, 0.25) is 0 Å². The average Bonchev–Trinajstić information content (AvgIpc) is 2.68. The third kappa shape index (κ3) is 8.46. The Morgan fingerprint density at radius 2 is 1.50 bits per heavy atom. The normalized spacial score (nSPS) is 10.9. The molecule has 7 nitrogen and oxygen atoms in total. The number of anilines is 1. The van der Waals surface area contributed by atoms with Gasteiger partial charge in [-0.25, -0.2) is 9.59 Å². The van der Waals surface area contributed by atoms with E-state index in [2.05, 4.69) is 24.5 Å². The Kier molecular flexibility index (Phi) is 9.99. The Bertz CT molecular complexity index is 765. The van der Waals surface area contributed by atoms with Crippen LogP contribution in [0.25, 0.3) is 11.1 Å². The number of para-hydroxylation sites is 1. The number of benzene rings is 2. The Morgan fingerprint density at radius 1 is 0.929 bits per heavy atom. The molecule has 0 aliphatic rings. The van der Waals surface area contributed by atoms with Gasteiger partial charge in [-0.15, -0.1) is 0 Å². The second kappa shape index (κ2) is 12.2. The van der Waals surface area contributed by atoms with Crippen LogP contribution < -0.4 is 10.6 Å². The summed E-state index contributed by atoms with van der Waals surface area (Å²) in [6.45, 7) is 4.59. The Hall–Kier alpha value is -3.19. The highest BCUT2D eigenvalue weighted by molar-refractivity contribution is 6.27. The molecule has 1 atom stereocenters. The Labute approximate surface area is 164 Å². The molecule has 0 aromatic heterocycles. The molecule has 0 fully saturated rings. The largest absolute Gasteiger partial charge is 0.473 e. The molecule has 4 N–H and O–H groups in total. The number of amides is 1. The van der Waals surface area contributed by atoms with Gasteiger partial charge in [-0.2, -0.15) is 0 Å². The number of rotatable bonds is 7. The van der Waals surface area contributed by atoms with Gasteiger partial charge in [0, 0.05) is 17.3 Å². The van der Waals surface area contributed by atoms with Crippen LogP contribution in [-0.4, -0.2) is 40.6 Å². The minimum Gasteiger partial charge on any atom is -0.473 e. The molecule has 150 valence electrons. The molecule has 0 saturated heterocycles. The van der Waals surface area contributed by atoms with Crippen LogP contribution in [0.4, 0.5) is 5.69 Å². The zero-order valence-corrected chi connectivity index (χ0v) is 16.0. The van der Waals surface area contributed by atoms with E-state index < -0.39 is 11.9 Å². The van der Waals surface area contributed by atoms with Crippen molar-refractivity contribution in [1.29, 1.82) is 0 Å². The van der Waals surface area contributed by atoms with Crippen LogP contribution in [0.1, 0.15) is 26.7 Å². The van der Waals surface area contributed by atoms with E-state index in [0.717, 1.165) is 29.7 Å². The molecule has 2 rings (SSSR count). The van der Waals surface area contributed by atoms with E-state index in [9.17, 15) is 4.79 Å². The summed E-state index contributed by atoms with van der Waals surface area (Å²) in [5, 5.41) is 21.0. The summed E-state index contributed by atoms with van der Waals surface area (Å²) >= 11 is 0. The lowest BCUT2D eigenvalue weighted by Crippen LogP contribution is -2.34. The van der Waals surface area contributed by atoms with Gasteiger partial charge in [0.25, 0.3) is 0 Å². The first-order chi connectivity index (χ1) is 13.3. The molecular formula is C21H26N2O5. The molecule has 1 amide bonds. The van der Waals surface area contributed by atoms with E-state index in [1.807, 2.05) is 54.6 Å². The van der Waals surface area contributed by atoms with Crippen LogP contribution in [0.3, 0.4) is 0 Å². The van der Waals surface area contributed by atoms with E-state index in [4.69, 9.17) is 19.8 Å². The van der Waals surface area contributed by atoms with Crippen LogP contribution >= 0.6 is 0 Å². The summed E-state index contributed by atoms with van der Waals surface area (Å²) < 4.78 is 0. The molecule has 0 spiro atoms. The lowest BCUT2D eigenvalue weighted by molar-refractivity contribution is -0.159. The number of hydrogen-bond donors (Lipinski definition) is 4. The SMILES string of the molecule is CCCC(C)NCC(=O)Nc1ccccc1-c1ccccc1.O=C(O)C(=O)O. The fourth-order valence-corrected chi connectivity index (χ4v) is 2.46. The third-order valence-electron chi connectivity index (χ3n) is 3.80. The highest BCUT2D eigenvalue weighted by atomic mass is 16.4. The van der Waals surface area contributed by atoms with Crippen molar-refractivity contribution in [2.75, 3.05) is 11.9 Å². The predicted octanol–water partition coefficient (Wildman–Crippen LogP) is 3.23. The third-order valence-corrected chi connectivity index (χ3v) is 3.80. The topological polar surface area (TPSA) is 116 Å². The van der Waals surface area contributed by atoms with E-state index in [-0.39, 0.29) is 5.91 Å². The molecule has 2 aromatic carbocycles. The quantitative estimate of drug-likeness (QED) is 0.543. The molecule has 0 heterocycles. The van der Waals surface area contributed by atoms with Gasteiger partial charge in [0.1, 0.15) is 0 Å². The van der Waals surface area contributed by atoms with Crippen molar-refractivity contribution in [2.24, 2.45) is 0 Å². The lowest BCUT2D eigenvalue weighted by Gasteiger charge is -2.14. The van der Waals surface area contributed by atoms with Crippen molar-refractivity contribution in [3.8, 4) is 11.1 Å². The van der Waals surface area contributed by atoms with Crippen molar-refractivity contribution in [1.82, 2.24) is 5.32 Å². The average molecular weight is 386 g/mol. The molecule has 28 heavy (non-hydrogen) atoms. The Morgan fingerprint density at radius 3 is 2.07 bits per heavy atom. The molecule has 0 aliphatic heterocycles. The van der Waals surface area contributed by atoms with Crippen molar-refractivity contribution in [3.05, 3.63) is 54.6 Å². The van der Waals surface area contributed by atoms with E-state index in [0.29, 0.717) is 12.6 Å². The van der Waals surface area contributed by atoms with Gasteiger partial charge in [0.15, 0.2) is 0 Å². The summed E-state index contributed by atoms with van der Waals surface area (Å²) in [5.74, 6) is -3.66. The molecule has 2 aromatic rings. The number of nitrogens with one attached hydrogen (secondary N) is 2. The van der Waals surface area contributed by atoms with Crippen molar-refractivity contribution < 1.29 is 24.6 Å². The summed E-state index contributed by atoms with van der Waals surface area (Å²) in [4.78, 5) is 30.3. The molecule has 0 bridgehead atoms. The summed E-state index contributed by atoms with van der Waals surface area (Å²) in [7, 11) is 0. The second-order valence-electron chi connectivity index (χ2n) is 6.14. The second-order valence-corrected chi connectivity index (χ2v) is 6.14. The first-order valence-electron chi connectivity index (χ1n) is 8.99. The maximum absolute atomic E-state index is 12.1. The lowest BCUT2D eigenvalue weighted by atomic mass is 10.0. The van der Waals surface area contributed by atoms with Crippen molar-refractivity contribution in [3.63, 3.8) is 0 Å². The first kappa shape index (κ1) is 22.9. The summed E-state index contributed by atoms with van der Waals surface area (Å²) in [6.07, 6.45) is 2.19. The molecule has 0 saturated carbocycles. The van der Waals surface area contributed by atoms with Crippen LogP contribution in [-0.2, 0) is 14.4 Å². The number of hydrogen-bond acceptors (Lipinski definition) is 4. The van der Waals surface area contributed by atoms with Gasteiger partial charge in [-0.1, -0.05) is 61.9 Å². The standard InChI is InChI=1S/C19H24N2O.C2H2O4/c1-3-9-15(2)20-14-19(22)21-18-13-8-7-12-17(18)16-10-5-4-6-11-16;3-1(4)2(5)6/h4-8,10-13,15,20H,3,9,14H2,1-2H3,(H,21,22);(H,3,4)(H,5,6). The highest BCUT2D eigenvalue weighted by Gasteiger charge is 2.09. The van der Waals surface area contributed by atoms with Gasteiger partial charge >= 0.3 is 11.9 Å². The first-order valence-corrected chi connectivity index (χ1v) is 8.99. The minimum atomic E-state index is -1.82. The fourth-order valence-electron chi connectivity index (χ4n) is 2.46. The Balaban J connectivity index is 0.000000568. The molecule has 0 radical (unpaired) electrons. The monoisotopic (exact) mass is 386 g/mol. The summed E-state index contributed by atoms with van der Waals surface area (Å²) in [5.41, 5.74) is 2.99. The smallest absolute Gasteiger partial charge is 0.414 e. The predicted molar refractivity (Wildman–Crippen MR) is 108 cm³/mol. The number of carboxylic acid groups (broad SMARTS) is 2. The number of carbonyl (C=O) groups excluding carboxylic acids is 1. The van der Waals surface area contributed by atoms with Gasteiger partial charge < -0.3 is 20.8 Å². The zero-order valence-electron chi connectivity index (χ0n) is 16.0. The van der Waals surface area contributed by atoms with Gasteiger partial charge in [-0.05, 0) is 25.0 Å². The summed E-state index contributed by atoms with van der Waals surface area (Å²) in [6, 6.07) is 18.3. The van der Waals surface area contributed by atoms with Crippen molar-refractivity contribution in [2.45, 2.75) is 32.7 Å². The maximum atomic E-state index is 12.1. The molecule has 7 heteroatoms. The van der Waals surface area contributed by atoms with Crippen LogP contribution in [0.15, 0.2) is 54.6 Å². The number of aliphatic carboxylic acids is 2. The number of carbonyl (C=O) groups is 3. The van der Waals surface area contributed by atoms with Crippen LogP contribution in [0.5, 0.6) is 0 Å². The van der Waals surface area contributed by atoms with E-state index >= 15 is 0 Å². The van der Waals surface area contributed by atoms with E-state index in [1.54, 1.807) is 0 Å². The zero-order chi connectivity index (χ0) is 20.9. The van der Waals surface area contributed by atoms with Gasteiger partial charge in [0.05, 0.1) is 6.54 Å². The molecular weight excluding hydrogens is 360 g/mol. The van der Waals surface area contributed by atoms with E-state index in [1.165, 1.54) is 0 Å². The van der Waals surface area contributed by atoms with Crippen LogP contribution in [0, 0.1) is 0 Å². The van der Waals surface area contributed by atoms with Gasteiger partial charge in [-0.3, -0.25) is 4.79 Å². The highest BCUT2D eigenvalue weighted by Crippen LogP contribution is 2.27. The molecule has 0 aliphatic carbocycles. The minimum absolute atomic E-state index is 0.00802.